The fourth-order valence-corrected chi connectivity index (χ4v) is 2.19. The Morgan fingerprint density at radius 2 is 1.38 bits per heavy atom. The highest BCUT2D eigenvalue weighted by molar-refractivity contribution is 5.48. The quantitative estimate of drug-likeness (QED) is 0.814. The Balaban J connectivity index is 2.25. The molecule has 0 aliphatic heterocycles. The smallest absolute Gasteiger partial charge is 0.167 e. The molecule has 4 heteroatoms. The van der Waals surface area contributed by atoms with E-state index in [0.717, 1.165) is 22.6 Å². The Hall–Kier alpha value is -2.36. The van der Waals surface area contributed by atoms with Gasteiger partial charge in [0.1, 0.15) is 6.61 Å². The maximum absolute atomic E-state index is 5.93. The van der Waals surface area contributed by atoms with Gasteiger partial charge < -0.3 is 18.9 Å². The van der Waals surface area contributed by atoms with E-state index in [4.69, 9.17) is 18.9 Å². The van der Waals surface area contributed by atoms with E-state index >= 15 is 0 Å². The molecule has 0 radical (unpaired) electrons. The van der Waals surface area contributed by atoms with E-state index in [0.29, 0.717) is 18.1 Å². The molecular weight excluding hydrogens is 268 g/mol. The van der Waals surface area contributed by atoms with Crippen molar-refractivity contribution >= 4 is 0 Å². The van der Waals surface area contributed by atoms with Crippen LogP contribution in [0.25, 0.3) is 0 Å². The van der Waals surface area contributed by atoms with E-state index < -0.39 is 0 Å². The molecule has 2 aromatic rings. The van der Waals surface area contributed by atoms with Gasteiger partial charge in [-0.05, 0) is 24.6 Å². The Morgan fingerprint density at radius 1 is 0.762 bits per heavy atom. The zero-order chi connectivity index (χ0) is 15.2. The number of ether oxygens (including phenoxy) is 4. The lowest BCUT2D eigenvalue weighted by atomic mass is 10.2. The van der Waals surface area contributed by atoms with Crippen molar-refractivity contribution in [3.63, 3.8) is 0 Å². The SMILES string of the molecule is COc1cccc(C)c1OCc1cccc(OC)c1OC. The number of hydrogen-bond acceptors (Lipinski definition) is 4. The summed E-state index contributed by atoms with van der Waals surface area (Å²) in [6.45, 7) is 2.36. The van der Waals surface area contributed by atoms with E-state index in [2.05, 4.69) is 0 Å². The molecule has 0 bridgehead atoms. The molecule has 0 heterocycles. The van der Waals surface area contributed by atoms with Crippen LogP contribution >= 0.6 is 0 Å². The molecule has 0 amide bonds. The third-order valence-corrected chi connectivity index (χ3v) is 3.25. The van der Waals surface area contributed by atoms with E-state index in [1.165, 1.54) is 0 Å². The fraction of sp³-hybridized carbons (Fsp3) is 0.294. The molecule has 21 heavy (non-hydrogen) atoms. The highest BCUT2D eigenvalue weighted by Crippen LogP contribution is 2.34. The second-order valence-electron chi connectivity index (χ2n) is 4.55. The van der Waals surface area contributed by atoms with Crippen molar-refractivity contribution < 1.29 is 18.9 Å². The number of benzene rings is 2. The summed E-state index contributed by atoms with van der Waals surface area (Å²) in [4.78, 5) is 0. The predicted octanol–water partition coefficient (Wildman–Crippen LogP) is 3.60. The molecule has 0 aliphatic carbocycles. The second kappa shape index (κ2) is 6.88. The summed E-state index contributed by atoms with van der Waals surface area (Å²) in [6.07, 6.45) is 0. The summed E-state index contributed by atoms with van der Waals surface area (Å²) < 4.78 is 22.0. The first-order valence-electron chi connectivity index (χ1n) is 6.67. The van der Waals surface area contributed by atoms with Gasteiger partial charge >= 0.3 is 0 Å². The summed E-state index contributed by atoms with van der Waals surface area (Å²) in [6, 6.07) is 11.5. The largest absolute Gasteiger partial charge is 0.493 e. The topological polar surface area (TPSA) is 36.9 Å². The summed E-state index contributed by atoms with van der Waals surface area (Å²) >= 11 is 0. The summed E-state index contributed by atoms with van der Waals surface area (Å²) in [5.74, 6) is 2.84. The summed E-state index contributed by atoms with van der Waals surface area (Å²) in [7, 11) is 4.87. The van der Waals surface area contributed by atoms with Crippen molar-refractivity contribution in [3.8, 4) is 23.0 Å². The third kappa shape index (κ3) is 3.21. The van der Waals surface area contributed by atoms with E-state index in [9.17, 15) is 0 Å². The molecule has 0 unspecified atom stereocenters. The molecule has 2 aromatic carbocycles. The number of para-hydroxylation sites is 2. The van der Waals surface area contributed by atoms with Crippen LogP contribution in [0.2, 0.25) is 0 Å². The molecule has 4 nitrogen and oxygen atoms in total. The van der Waals surface area contributed by atoms with E-state index in [1.807, 2.05) is 43.3 Å². The van der Waals surface area contributed by atoms with Crippen molar-refractivity contribution in [1.82, 2.24) is 0 Å². The molecular formula is C17H20O4. The van der Waals surface area contributed by atoms with Gasteiger partial charge in [0.05, 0.1) is 21.3 Å². The second-order valence-corrected chi connectivity index (χ2v) is 4.55. The van der Waals surface area contributed by atoms with Crippen LogP contribution in [-0.2, 0) is 6.61 Å². The van der Waals surface area contributed by atoms with Gasteiger partial charge in [0, 0.05) is 5.56 Å². The Kier molecular flexibility index (Phi) is 4.93. The van der Waals surface area contributed by atoms with E-state index in [-0.39, 0.29) is 0 Å². The van der Waals surface area contributed by atoms with Crippen molar-refractivity contribution in [2.45, 2.75) is 13.5 Å². The summed E-state index contributed by atoms with van der Waals surface area (Å²) in [5.41, 5.74) is 1.94. The molecule has 112 valence electrons. The first kappa shape index (κ1) is 15.0. The fourth-order valence-electron chi connectivity index (χ4n) is 2.19. The molecule has 0 fully saturated rings. The normalized spacial score (nSPS) is 10.1. The minimum atomic E-state index is 0.377. The summed E-state index contributed by atoms with van der Waals surface area (Å²) in [5, 5.41) is 0. The molecule has 0 saturated heterocycles. The minimum Gasteiger partial charge on any atom is -0.493 e. The van der Waals surface area contributed by atoms with Crippen LogP contribution in [0.5, 0.6) is 23.0 Å². The van der Waals surface area contributed by atoms with Crippen LogP contribution in [0.4, 0.5) is 0 Å². The zero-order valence-corrected chi connectivity index (χ0v) is 12.8. The maximum Gasteiger partial charge on any atom is 0.167 e. The van der Waals surface area contributed by atoms with Gasteiger partial charge in [-0.2, -0.15) is 0 Å². The van der Waals surface area contributed by atoms with Crippen LogP contribution in [0.15, 0.2) is 36.4 Å². The molecule has 0 N–H and O–H groups in total. The molecule has 0 aromatic heterocycles. The van der Waals surface area contributed by atoms with Crippen LogP contribution in [0.1, 0.15) is 11.1 Å². The Labute approximate surface area is 125 Å². The maximum atomic E-state index is 5.93. The lowest BCUT2D eigenvalue weighted by Crippen LogP contribution is -2.02. The average molecular weight is 288 g/mol. The lowest BCUT2D eigenvalue weighted by molar-refractivity contribution is 0.273. The predicted molar refractivity (Wildman–Crippen MR) is 81.6 cm³/mol. The van der Waals surface area contributed by atoms with Crippen LogP contribution in [-0.4, -0.2) is 21.3 Å². The van der Waals surface area contributed by atoms with Gasteiger partial charge in [-0.1, -0.05) is 24.3 Å². The van der Waals surface area contributed by atoms with E-state index in [1.54, 1.807) is 21.3 Å². The molecule has 0 saturated carbocycles. The average Bonchev–Trinajstić information content (AvgIpc) is 2.52. The number of aryl methyl sites for hydroxylation is 1. The Bertz CT molecular complexity index is 608. The van der Waals surface area contributed by atoms with Crippen LogP contribution < -0.4 is 18.9 Å². The molecule has 2 rings (SSSR count). The van der Waals surface area contributed by atoms with Crippen LogP contribution in [0.3, 0.4) is 0 Å². The molecule has 0 spiro atoms. The lowest BCUT2D eigenvalue weighted by Gasteiger charge is -2.16. The zero-order valence-electron chi connectivity index (χ0n) is 12.8. The number of rotatable bonds is 6. The first-order valence-corrected chi connectivity index (χ1v) is 6.67. The number of methoxy groups -OCH3 is 3. The van der Waals surface area contributed by atoms with Crippen molar-refractivity contribution in [2.75, 3.05) is 21.3 Å². The van der Waals surface area contributed by atoms with Crippen molar-refractivity contribution in [1.29, 1.82) is 0 Å². The standard InChI is InChI=1S/C17H20O4/c1-12-7-5-9-14(18-2)16(12)21-11-13-8-6-10-15(19-3)17(13)20-4/h5-10H,11H2,1-4H3. The van der Waals surface area contributed by atoms with Gasteiger partial charge in [0.15, 0.2) is 23.0 Å². The van der Waals surface area contributed by atoms with Crippen LogP contribution in [0, 0.1) is 6.92 Å². The highest BCUT2D eigenvalue weighted by atomic mass is 16.5. The Morgan fingerprint density at radius 3 is 2.00 bits per heavy atom. The third-order valence-electron chi connectivity index (χ3n) is 3.25. The van der Waals surface area contributed by atoms with Crippen molar-refractivity contribution in [2.24, 2.45) is 0 Å². The van der Waals surface area contributed by atoms with Gasteiger partial charge in [-0.3, -0.25) is 0 Å². The molecule has 0 atom stereocenters. The van der Waals surface area contributed by atoms with Gasteiger partial charge in [0.25, 0.3) is 0 Å². The number of hydrogen-bond donors (Lipinski definition) is 0. The first-order chi connectivity index (χ1) is 10.2. The van der Waals surface area contributed by atoms with Gasteiger partial charge in [0.2, 0.25) is 0 Å². The van der Waals surface area contributed by atoms with Gasteiger partial charge in [-0.25, -0.2) is 0 Å². The van der Waals surface area contributed by atoms with Crippen molar-refractivity contribution in [3.05, 3.63) is 47.5 Å². The molecule has 0 aliphatic rings. The minimum absolute atomic E-state index is 0.377. The highest BCUT2D eigenvalue weighted by Gasteiger charge is 2.12. The monoisotopic (exact) mass is 288 g/mol. The van der Waals surface area contributed by atoms with Gasteiger partial charge in [-0.15, -0.1) is 0 Å².